The molecule has 0 aliphatic carbocycles. The Morgan fingerprint density at radius 2 is 2.00 bits per heavy atom. The van der Waals surface area contributed by atoms with Gasteiger partial charge in [0.05, 0.1) is 10.7 Å². The number of nitrogens with one attached hydrogen (secondary N) is 1. The van der Waals surface area contributed by atoms with Crippen LogP contribution in [0.3, 0.4) is 0 Å². The maximum absolute atomic E-state index is 11.9. The van der Waals surface area contributed by atoms with E-state index in [4.69, 9.17) is 11.6 Å². The van der Waals surface area contributed by atoms with E-state index in [9.17, 15) is 18.0 Å². The van der Waals surface area contributed by atoms with Crippen molar-refractivity contribution >= 4 is 23.2 Å². The Kier molecular flexibility index (Phi) is 3.24. The Labute approximate surface area is 89.0 Å². The Morgan fingerprint density at radius 1 is 1.40 bits per heavy atom. The molecule has 0 aliphatic heterocycles. The van der Waals surface area contributed by atoms with Crippen LogP contribution in [0.25, 0.3) is 0 Å². The van der Waals surface area contributed by atoms with Gasteiger partial charge in [-0.05, 0) is 24.6 Å². The zero-order valence-corrected chi connectivity index (χ0v) is 8.41. The quantitative estimate of drug-likeness (QED) is 0.799. The molecule has 0 saturated heterocycles. The zero-order chi connectivity index (χ0) is 11.6. The second kappa shape index (κ2) is 4.10. The summed E-state index contributed by atoms with van der Waals surface area (Å²) in [5.41, 5.74) is 0.663. The molecule has 0 fully saturated rings. The van der Waals surface area contributed by atoms with Crippen LogP contribution < -0.4 is 5.32 Å². The predicted molar refractivity (Wildman–Crippen MR) is 50.9 cm³/mol. The molecule has 0 saturated carbocycles. The maximum atomic E-state index is 11.9. The molecule has 2 nitrogen and oxygen atoms in total. The van der Waals surface area contributed by atoms with Crippen LogP contribution in [0.1, 0.15) is 5.56 Å². The van der Waals surface area contributed by atoms with Crippen LogP contribution in [0.2, 0.25) is 5.02 Å². The molecule has 0 radical (unpaired) electrons. The van der Waals surface area contributed by atoms with Crippen LogP contribution in [0.15, 0.2) is 18.2 Å². The first-order valence-corrected chi connectivity index (χ1v) is 4.33. The van der Waals surface area contributed by atoms with E-state index in [0.29, 0.717) is 5.56 Å². The lowest BCUT2D eigenvalue weighted by atomic mass is 10.2. The second-order valence-corrected chi connectivity index (χ2v) is 3.34. The maximum Gasteiger partial charge on any atom is 0.471 e. The molecule has 0 spiro atoms. The lowest BCUT2D eigenvalue weighted by Gasteiger charge is -2.09. The lowest BCUT2D eigenvalue weighted by molar-refractivity contribution is -0.167. The van der Waals surface area contributed by atoms with Gasteiger partial charge in [0.1, 0.15) is 0 Å². The molecule has 1 aromatic carbocycles. The summed E-state index contributed by atoms with van der Waals surface area (Å²) in [5, 5.41) is 1.76. The normalized spacial score (nSPS) is 11.3. The van der Waals surface area contributed by atoms with Gasteiger partial charge in [-0.15, -0.1) is 0 Å². The second-order valence-electron chi connectivity index (χ2n) is 2.94. The Morgan fingerprint density at radius 3 is 2.53 bits per heavy atom. The minimum atomic E-state index is -4.91. The third-order valence-electron chi connectivity index (χ3n) is 1.63. The van der Waals surface area contributed by atoms with E-state index in [1.165, 1.54) is 12.1 Å². The van der Waals surface area contributed by atoms with Gasteiger partial charge in [-0.3, -0.25) is 4.79 Å². The molecule has 0 aliphatic rings. The van der Waals surface area contributed by atoms with E-state index in [-0.39, 0.29) is 10.7 Å². The van der Waals surface area contributed by atoms with Crippen LogP contribution in [0.4, 0.5) is 18.9 Å². The highest BCUT2D eigenvalue weighted by Crippen LogP contribution is 2.25. The van der Waals surface area contributed by atoms with Crippen LogP contribution in [-0.4, -0.2) is 12.1 Å². The van der Waals surface area contributed by atoms with E-state index in [1.807, 2.05) is 0 Å². The lowest BCUT2D eigenvalue weighted by Crippen LogP contribution is -2.30. The first kappa shape index (κ1) is 11.8. The molecule has 82 valence electrons. The number of halogens is 4. The van der Waals surface area contributed by atoms with Crippen molar-refractivity contribution in [2.24, 2.45) is 0 Å². The van der Waals surface area contributed by atoms with Crippen molar-refractivity contribution in [3.63, 3.8) is 0 Å². The predicted octanol–water partition coefficient (Wildman–Crippen LogP) is 3.15. The number of alkyl halides is 3. The van der Waals surface area contributed by atoms with Crippen LogP contribution in [0.5, 0.6) is 0 Å². The number of benzene rings is 1. The number of carbonyl (C=O) groups excluding carboxylic acids is 1. The van der Waals surface area contributed by atoms with Crippen LogP contribution >= 0.6 is 11.6 Å². The summed E-state index contributed by atoms with van der Waals surface area (Å²) in [5.74, 6) is -2.03. The van der Waals surface area contributed by atoms with Gasteiger partial charge in [0.2, 0.25) is 0 Å². The van der Waals surface area contributed by atoms with E-state index in [1.54, 1.807) is 18.3 Å². The topological polar surface area (TPSA) is 29.1 Å². The fourth-order valence-electron chi connectivity index (χ4n) is 0.928. The highest BCUT2D eigenvalue weighted by Gasteiger charge is 2.38. The molecule has 1 rings (SSSR count). The van der Waals surface area contributed by atoms with Gasteiger partial charge < -0.3 is 5.32 Å². The van der Waals surface area contributed by atoms with Gasteiger partial charge in [0.15, 0.2) is 0 Å². The fourth-order valence-corrected chi connectivity index (χ4v) is 1.09. The van der Waals surface area contributed by atoms with E-state index >= 15 is 0 Å². The van der Waals surface area contributed by atoms with E-state index < -0.39 is 12.1 Å². The number of carbonyl (C=O) groups is 1. The molecule has 0 atom stereocenters. The van der Waals surface area contributed by atoms with E-state index in [2.05, 4.69) is 0 Å². The van der Waals surface area contributed by atoms with Crippen molar-refractivity contribution in [3.8, 4) is 0 Å². The van der Waals surface area contributed by atoms with Crippen molar-refractivity contribution in [2.75, 3.05) is 5.32 Å². The average molecular weight is 238 g/mol. The van der Waals surface area contributed by atoms with Crippen molar-refractivity contribution in [1.29, 1.82) is 0 Å². The highest BCUT2D eigenvalue weighted by molar-refractivity contribution is 6.33. The van der Waals surface area contributed by atoms with Crippen molar-refractivity contribution in [3.05, 3.63) is 28.8 Å². The smallest absolute Gasteiger partial charge is 0.317 e. The molecule has 0 bridgehead atoms. The molecular weight excluding hydrogens is 231 g/mol. The SMILES string of the molecule is Cc1ccc(Cl)c(NC(=O)C(F)(F)F)c1. The number of amides is 1. The van der Waals surface area contributed by atoms with Gasteiger partial charge >= 0.3 is 12.1 Å². The fraction of sp³-hybridized carbons (Fsp3) is 0.222. The van der Waals surface area contributed by atoms with Gasteiger partial charge in [0.25, 0.3) is 0 Å². The molecule has 1 N–H and O–H groups in total. The van der Waals surface area contributed by atoms with Crippen molar-refractivity contribution in [1.82, 2.24) is 0 Å². The summed E-state index contributed by atoms with van der Waals surface area (Å²) >= 11 is 5.61. The summed E-state index contributed by atoms with van der Waals surface area (Å²) in [6, 6.07) is 4.42. The minimum Gasteiger partial charge on any atom is -0.317 e. The van der Waals surface area contributed by atoms with E-state index in [0.717, 1.165) is 0 Å². The molecule has 6 heteroatoms. The molecule has 1 amide bonds. The first-order chi connectivity index (χ1) is 6.80. The summed E-state index contributed by atoms with van der Waals surface area (Å²) in [6.07, 6.45) is -4.91. The average Bonchev–Trinajstić information content (AvgIpc) is 2.09. The summed E-state index contributed by atoms with van der Waals surface area (Å²) in [6.45, 7) is 1.68. The molecular formula is C9H7ClF3NO. The molecule has 0 aromatic heterocycles. The largest absolute Gasteiger partial charge is 0.471 e. The number of hydrogen-bond acceptors (Lipinski definition) is 1. The number of hydrogen-bond donors (Lipinski definition) is 1. The third-order valence-corrected chi connectivity index (χ3v) is 1.96. The summed E-state index contributed by atoms with van der Waals surface area (Å²) in [4.78, 5) is 10.6. The Balaban J connectivity index is 2.90. The standard InChI is InChI=1S/C9H7ClF3NO/c1-5-2-3-6(10)7(4-5)14-8(15)9(11,12)13/h2-4H,1H3,(H,14,15). The molecule has 1 aromatic rings. The van der Waals surface area contributed by atoms with Gasteiger partial charge in [-0.1, -0.05) is 17.7 Å². The minimum absolute atomic E-state index is 0.0426. The monoisotopic (exact) mass is 237 g/mol. The Hall–Kier alpha value is -1.23. The highest BCUT2D eigenvalue weighted by atomic mass is 35.5. The Bertz CT molecular complexity index is 389. The van der Waals surface area contributed by atoms with Gasteiger partial charge in [-0.2, -0.15) is 13.2 Å². The number of rotatable bonds is 1. The molecule has 0 heterocycles. The number of anilines is 1. The molecule has 0 unspecified atom stereocenters. The van der Waals surface area contributed by atoms with Gasteiger partial charge in [0, 0.05) is 0 Å². The summed E-state index contributed by atoms with van der Waals surface area (Å²) in [7, 11) is 0. The molecule has 15 heavy (non-hydrogen) atoms. The number of aryl methyl sites for hydroxylation is 1. The zero-order valence-electron chi connectivity index (χ0n) is 7.65. The van der Waals surface area contributed by atoms with Crippen molar-refractivity contribution in [2.45, 2.75) is 13.1 Å². The van der Waals surface area contributed by atoms with Crippen LogP contribution in [-0.2, 0) is 4.79 Å². The summed E-state index contributed by atoms with van der Waals surface area (Å²) < 4.78 is 35.7. The third kappa shape index (κ3) is 3.13. The van der Waals surface area contributed by atoms with Crippen LogP contribution in [0, 0.1) is 6.92 Å². The van der Waals surface area contributed by atoms with Gasteiger partial charge in [-0.25, -0.2) is 0 Å². The first-order valence-electron chi connectivity index (χ1n) is 3.95. The van der Waals surface area contributed by atoms with Crippen molar-refractivity contribution < 1.29 is 18.0 Å².